The number of nitrogens with two attached hydrogens (primary N) is 1. The lowest BCUT2D eigenvalue weighted by molar-refractivity contribution is -0.135. The molecule has 0 saturated carbocycles. The van der Waals surface area contributed by atoms with E-state index in [2.05, 4.69) is 10.1 Å². The summed E-state index contributed by atoms with van der Waals surface area (Å²) < 4.78 is 4.84. The first-order valence-electron chi connectivity index (χ1n) is 5.00. The van der Waals surface area contributed by atoms with Crippen molar-refractivity contribution >= 4 is 5.91 Å². The Morgan fingerprint density at radius 3 is 3.13 bits per heavy atom. The standard InChI is InChI=1S/C9H14N4O2/c1-6-11-8(12-15-6)5-13-4-2-3-7(10)9(13)14/h7H,2-5,10H2,1H3. The van der Waals surface area contributed by atoms with E-state index in [-0.39, 0.29) is 11.9 Å². The molecule has 2 rings (SSSR count). The van der Waals surface area contributed by atoms with Crippen LogP contribution in [-0.2, 0) is 11.3 Å². The molecule has 1 aromatic rings. The molecule has 0 aliphatic carbocycles. The molecule has 1 aliphatic heterocycles. The summed E-state index contributed by atoms with van der Waals surface area (Å²) in [6.45, 7) is 2.84. The molecule has 6 heteroatoms. The van der Waals surface area contributed by atoms with Crippen molar-refractivity contribution in [3.05, 3.63) is 11.7 Å². The van der Waals surface area contributed by atoms with Gasteiger partial charge in [0.1, 0.15) is 0 Å². The highest BCUT2D eigenvalue weighted by Crippen LogP contribution is 2.12. The normalized spacial score (nSPS) is 22.1. The van der Waals surface area contributed by atoms with Gasteiger partial charge in [-0.25, -0.2) is 0 Å². The van der Waals surface area contributed by atoms with Gasteiger partial charge in [0.2, 0.25) is 11.8 Å². The van der Waals surface area contributed by atoms with Crippen LogP contribution in [0, 0.1) is 6.92 Å². The quantitative estimate of drug-likeness (QED) is 0.732. The molecule has 1 aromatic heterocycles. The monoisotopic (exact) mass is 210 g/mol. The number of likely N-dealkylation sites (tertiary alicyclic amines) is 1. The van der Waals surface area contributed by atoms with Crippen molar-refractivity contribution in [2.24, 2.45) is 5.73 Å². The Labute approximate surface area is 87.4 Å². The Hall–Kier alpha value is -1.43. The summed E-state index contributed by atoms with van der Waals surface area (Å²) in [5.41, 5.74) is 5.67. The molecule has 1 atom stereocenters. The molecule has 2 N–H and O–H groups in total. The van der Waals surface area contributed by atoms with Crippen LogP contribution in [0.3, 0.4) is 0 Å². The summed E-state index contributed by atoms with van der Waals surface area (Å²) in [5.74, 6) is 1.03. The number of aryl methyl sites for hydroxylation is 1. The third-order valence-corrected chi connectivity index (χ3v) is 2.47. The first kappa shape index (κ1) is 10.1. The van der Waals surface area contributed by atoms with E-state index in [0.29, 0.717) is 18.3 Å². The average molecular weight is 210 g/mol. The van der Waals surface area contributed by atoms with Gasteiger partial charge in [-0.05, 0) is 12.8 Å². The van der Waals surface area contributed by atoms with Gasteiger partial charge in [-0.3, -0.25) is 4.79 Å². The number of carbonyl (C=O) groups excluding carboxylic acids is 1. The van der Waals surface area contributed by atoms with Crippen LogP contribution in [0.15, 0.2) is 4.52 Å². The molecule has 0 aromatic carbocycles. The number of piperidine rings is 1. The summed E-state index contributed by atoms with van der Waals surface area (Å²) in [6, 6.07) is -0.369. The summed E-state index contributed by atoms with van der Waals surface area (Å²) in [6.07, 6.45) is 1.70. The van der Waals surface area contributed by atoms with E-state index in [1.54, 1.807) is 11.8 Å². The Bertz CT molecular complexity index is 363. The predicted molar refractivity (Wildman–Crippen MR) is 51.7 cm³/mol. The highest BCUT2D eigenvalue weighted by molar-refractivity contribution is 5.82. The molecular formula is C9H14N4O2. The highest BCUT2D eigenvalue weighted by atomic mass is 16.5. The van der Waals surface area contributed by atoms with Crippen LogP contribution in [0.4, 0.5) is 0 Å². The zero-order valence-corrected chi connectivity index (χ0v) is 8.64. The smallest absolute Gasteiger partial charge is 0.239 e. The zero-order chi connectivity index (χ0) is 10.8. The van der Waals surface area contributed by atoms with E-state index in [9.17, 15) is 4.79 Å². The number of nitrogens with zero attached hydrogens (tertiary/aromatic N) is 3. The number of carbonyl (C=O) groups is 1. The summed E-state index contributed by atoms with van der Waals surface area (Å²) >= 11 is 0. The molecule has 2 heterocycles. The van der Waals surface area contributed by atoms with Gasteiger partial charge in [0, 0.05) is 13.5 Å². The fraction of sp³-hybridized carbons (Fsp3) is 0.667. The minimum Gasteiger partial charge on any atom is -0.340 e. The van der Waals surface area contributed by atoms with Crippen molar-refractivity contribution in [1.29, 1.82) is 0 Å². The van der Waals surface area contributed by atoms with Crippen LogP contribution in [-0.4, -0.2) is 33.5 Å². The van der Waals surface area contributed by atoms with Gasteiger partial charge < -0.3 is 15.2 Å². The van der Waals surface area contributed by atoms with E-state index in [4.69, 9.17) is 10.3 Å². The highest BCUT2D eigenvalue weighted by Gasteiger charge is 2.26. The Morgan fingerprint density at radius 2 is 2.47 bits per heavy atom. The molecule has 0 radical (unpaired) electrons. The van der Waals surface area contributed by atoms with Crippen LogP contribution in [0.5, 0.6) is 0 Å². The SMILES string of the molecule is Cc1nc(CN2CCCC(N)C2=O)no1. The van der Waals surface area contributed by atoms with Crippen molar-refractivity contribution in [3.8, 4) is 0 Å². The third kappa shape index (κ3) is 2.15. The van der Waals surface area contributed by atoms with Crippen molar-refractivity contribution in [2.45, 2.75) is 32.4 Å². The van der Waals surface area contributed by atoms with E-state index in [1.807, 2.05) is 0 Å². The van der Waals surface area contributed by atoms with Gasteiger partial charge in [0.15, 0.2) is 5.82 Å². The van der Waals surface area contributed by atoms with Crippen LogP contribution >= 0.6 is 0 Å². The molecule has 1 saturated heterocycles. The molecule has 15 heavy (non-hydrogen) atoms. The van der Waals surface area contributed by atoms with Crippen LogP contribution < -0.4 is 5.73 Å². The van der Waals surface area contributed by atoms with Gasteiger partial charge in [-0.15, -0.1) is 0 Å². The van der Waals surface area contributed by atoms with Gasteiger partial charge >= 0.3 is 0 Å². The molecule has 0 spiro atoms. The van der Waals surface area contributed by atoms with E-state index < -0.39 is 0 Å². The van der Waals surface area contributed by atoms with Gasteiger partial charge in [-0.1, -0.05) is 5.16 Å². The number of hydrogen-bond acceptors (Lipinski definition) is 5. The second-order valence-corrected chi connectivity index (χ2v) is 3.74. The lowest BCUT2D eigenvalue weighted by Gasteiger charge is -2.29. The van der Waals surface area contributed by atoms with Crippen LogP contribution in [0.1, 0.15) is 24.6 Å². The summed E-state index contributed by atoms with van der Waals surface area (Å²) in [5, 5.41) is 3.75. The van der Waals surface area contributed by atoms with Crippen molar-refractivity contribution in [3.63, 3.8) is 0 Å². The predicted octanol–water partition coefficient (Wildman–Crippen LogP) is -0.172. The Morgan fingerprint density at radius 1 is 1.67 bits per heavy atom. The van der Waals surface area contributed by atoms with E-state index >= 15 is 0 Å². The molecule has 6 nitrogen and oxygen atoms in total. The third-order valence-electron chi connectivity index (χ3n) is 2.47. The number of amides is 1. The van der Waals surface area contributed by atoms with Crippen molar-refractivity contribution in [1.82, 2.24) is 15.0 Å². The maximum atomic E-state index is 11.7. The van der Waals surface area contributed by atoms with Crippen LogP contribution in [0.25, 0.3) is 0 Å². The van der Waals surface area contributed by atoms with Crippen LogP contribution in [0.2, 0.25) is 0 Å². The number of hydrogen-bond donors (Lipinski definition) is 1. The fourth-order valence-electron chi connectivity index (χ4n) is 1.70. The lowest BCUT2D eigenvalue weighted by Crippen LogP contribution is -2.47. The largest absolute Gasteiger partial charge is 0.340 e. The summed E-state index contributed by atoms with van der Waals surface area (Å²) in [4.78, 5) is 17.4. The number of aromatic nitrogens is 2. The first-order valence-corrected chi connectivity index (χ1v) is 5.00. The molecule has 82 valence electrons. The fourth-order valence-corrected chi connectivity index (χ4v) is 1.70. The van der Waals surface area contributed by atoms with Crippen molar-refractivity contribution < 1.29 is 9.32 Å². The Balaban J connectivity index is 2.02. The molecule has 1 fully saturated rings. The average Bonchev–Trinajstić information content (AvgIpc) is 2.59. The molecular weight excluding hydrogens is 196 g/mol. The maximum absolute atomic E-state index is 11.7. The van der Waals surface area contributed by atoms with Gasteiger partial charge in [0.05, 0.1) is 12.6 Å². The molecule has 1 amide bonds. The molecule has 1 unspecified atom stereocenters. The lowest BCUT2D eigenvalue weighted by atomic mass is 10.1. The minimum atomic E-state index is -0.369. The Kier molecular flexibility index (Phi) is 2.68. The zero-order valence-electron chi connectivity index (χ0n) is 8.64. The second-order valence-electron chi connectivity index (χ2n) is 3.74. The minimum absolute atomic E-state index is 0.0243. The van der Waals surface area contributed by atoms with E-state index in [0.717, 1.165) is 19.4 Å². The molecule has 0 bridgehead atoms. The van der Waals surface area contributed by atoms with Crippen molar-refractivity contribution in [2.75, 3.05) is 6.54 Å². The topological polar surface area (TPSA) is 85.3 Å². The maximum Gasteiger partial charge on any atom is 0.239 e. The first-order chi connectivity index (χ1) is 7.16. The second kappa shape index (κ2) is 3.98. The number of rotatable bonds is 2. The van der Waals surface area contributed by atoms with E-state index in [1.165, 1.54) is 0 Å². The molecule has 1 aliphatic rings. The van der Waals surface area contributed by atoms with Gasteiger partial charge in [0.25, 0.3) is 0 Å². The van der Waals surface area contributed by atoms with Gasteiger partial charge in [-0.2, -0.15) is 4.98 Å². The summed E-state index contributed by atoms with van der Waals surface area (Å²) in [7, 11) is 0.